The summed E-state index contributed by atoms with van der Waals surface area (Å²) in [5.41, 5.74) is 2.50. The third-order valence-corrected chi connectivity index (χ3v) is 2.14. The van der Waals surface area contributed by atoms with Crippen molar-refractivity contribution in [2.75, 3.05) is 0 Å². The Bertz CT molecular complexity index is 235. The van der Waals surface area contributed by atoms with E-state index in [-0.39, 0.29) is 0 Å². The van der Waals surface area contributed by atoms with Gasteiger partial charge in [-0.3, -0.25) is 0 Å². The molecule has 0 N–H and O–H groups in total. The Balaban J connectivity index is 0.000000461. The second-order valence-corrected chi connectivity index (χ2v) is 2.69. The smallest absolute Gasteiger partial charge is 0.00985 e. The van der Waals surface area contributed by atoms with Gasteiger partial charge in [-0.25, -0.2) is 0 Å². The van der Waals surface area contributed by atoms with Crippen LogP contribution < -0.4 is 0 Å². The van der Waals surface area contributed by atoms with E-state index in [4.69, 9.17) is 10.8 Å². The zero-order chi connectivity index (χ0) is 8.85. The molecule has 0 fully saturated rings. The molecular weight excluding hydrogens is 156 g/mol. The number of aryl methyl sites for hydroxylation is 2. The highest BCUT2D eigenvalue weighted by molar-refractivity contribution is 7.80. The van der Waals surface area contributed by atoms with Gasteiger partial charge >= 0.3 is 0 Å². The van der Waals surface area contributed by atoms with E-state index in [1.165, 1.54) is 11.1 Å². The molecule has 0 amide bonds. The highest BCUT2D eigenvalue weighted by Gasteiger charge is 1.92. The predicted octanol–water partition coefficient (Wildman–Crippen LogP) is 2.62. The average Bonchev–Trinajstić information content (AvgIpc) is 2.04. The molecule has 58 valence electrons. The van der Waals surface area contributed by atoms with Crippen molar-refractivity contribution >= 4 is 12.6 Å². The van der Waals surface area contributed by atoms with Crippen LogP contribution in [0.25, 0.3) is 0 Å². The third kappa shape index (κ3) is 2.60. The van der Waals surface area contributed by atoms with Crippen molar-refractivity contribution < 1.29 is 0 Å². The predicted molar refractivity (Wildman–Crippen MR) is 46.6 cm³/mol. The molecule has 0 aromatic heterocycles. The first-order valence-electron chi connectivity index (χ1n) is 3.17. The Morgan fingerprint density at radius 3 is 1.73 bits per heavy atom. The summed E-state index contributed by atoms with van der Waals surface area (Å²) in [6, 6.07) is 6.18. The van der Waals surface area contributed by atoms with Crippen LogP contribution in [0.4, 0.5) is 0 Å². The van der Waals surface area contributed by atoms with Crippen LogP contribution in [0.2, 0.25) is 0 Å². The van der Waals surface area contributed by atoms with Gasteiger partial charge in [0.15, 0.2) is 0 Å². The van der Waals surface area contributed by atoms with E-state index in [1.54, 1.807) is 0 Å². The van der Waals surface area contributed by atoms with E-state index >= 15 is 0 Å². The molecule has 2 nitrogen and oxygen atoms in total. The Labute approximate surface area is 72.1 Å². The number of benzene rings is 1. The van der Waals surface area contributed by atoms with Crippen molar-refractivity contribution in [3.8, 4) is 0 Å². The molecule has 0 atom stereocenters. The van der Waals surface area contributed by atoms with Crippen molar-refractivity contribution in [2.24, 2.45) is 0 Å². The standard InChI is InChI=1S/C8H10S.N2/c1-6-4-3-5-7(2)8(6)9;1-2/h3-5,9H,1-2H3;. The van der Waals surface area contributed by atoms with Crippen molar-refractivity contribution in [3.05, 3.63) is 29.3 Å². The molecular formula is C8H10N2S. The van der Waals surface area contributed by atoms with Gasteiger partial charge in [0.25, 0.3) is 0 Å². The molecule has 1 aromatic carbocycles. The summed E-state index contributed by atoms with van der Waals surface area (Å²) < 4.78 is 0. The van der Waals surface area contributed by atoms with Crippen LogP contribution in [0.1, 0.15) is 11.1 Å². The lowest BCUT2D eigenvalue weighted by Crippen LogP contribution is -1.78. The molecule has 3 heteroatoms. The third-order valence-electron chi connectivity index (χ3n) is 1.44. The Kier molecular flexibility index (Phi) is 4.32. The maximum Gasteiger partial charge on any atom is 0.00985 e. The van der Waals surface area contributed by atoms with Crippen LogP contribution in [-0.4, -0.2) is 0 Å². The van der Waals surface area contributed by atoms with Gasteiger partial charge in [-0.15, -0.1) is 12.6 Å². The molecule has 0 saturated carbocycles. The molecule has 0 aliphatic carbocycles. The molecule has 0 spiro atoms. The van der Waals surface area contributed by atoms with E-state index in [9.17, 15) is 0 Å². The maximum absolute atomic E-state index is 6.00. The van der Waals surface area contributed by atoms with E-state index < -0.39 is 0 Å². The quantitative estimate of drug-likeness (QED) is 0.475. The molecule has 0 aliphatic heterocycles. The van der Waals surface area contributed by atoms with E-state index in [1.807, 2.05) is 6.07 Å². The number of hydrogen-bond donors (Lipinski definition) is 1. The summed E-state index contributed by atoms with van der Waals surface area (Å²) in [7, 11) is 0. The highest BCUT2D eigenvalue weighted by Crippen LogP contribution is 2.16. The summed E-state index contributed by atoms with van der Waals surface area (Å²) in [5.74, 6) is 0. The van der Waals surface area contributed by atoms with Gasteiger partial charge in [0.1, 0.15) is 0 Å². The Morgan fingerprint density at radius 1 is 1.09 bits per heavy atom. The number of thiol groups is 1. The lowest BCUT2D eigenvalue weighted by molar-refractivity contribution is 1.15. The first kappa shape index (κ1) is 9.99. The molecule has 1 rings (SSSR count). The molecule has 0 aliphatic rings. The molecule has 0 heterocycles. The Hall–Kier alpha value is -1.01. The average molecular weight is 166 g/mol. The topological polar surface area (TPSA) is 47.6 Å². The van der Waals surface area contributed by atoms with Crippen LogP contribution in [0, 0.1) is 24.6 Å². The van der Waals surface area contributed by atoms with Gasteiger partial charge in [0.05, 0.1) is 0 Å². The summed E-state index contributed by atoms with van der Waals surface area (Å²) >= 11 is 4.31. The van der Waals surface area contributed by atoms with Crippen molar-refractivity contribution in [1.82, 2.24) is 0 Å². The minimum Gasteiger partial charge on any atom is -0.143 e. The SMILES string of the molecule is Cc1cccc(C)c1S.N#N. The zero-order valence-corrected chi connectivity index (χ0v) is 7.47. The summed E-state index contributed by atoms with van der Waals surface area (Å²) in [6.45, 7) is 4.13. The van der Waals surface area contributed by atoms with Gasteiger partial charge in [-0.1, -0.05) is 18.2 Å². The van der Waals surface area contributed by atoms with E-state index in [0.29, 0.717) is 0 Å². The molecule has 0 saturated heterocycles. The van der Waals surface area contributed by atoms with E-state index in [0.717, 1.165) is 4.90 Å². The van der Waals surface area contributed by atoms with Gasteiger partial charge in [0, 0.05) is 15.7 Å². The van der Waals surface area contributed by atoms with Crippen LogP contribution >= 0.6 is 12.6 Å². The second kappa shape index (κ2) is 4.75. The molecule has 0 bridgehead atoms. The van der Waals surface area contributed by atoms with Crippen LogP contribution in [-0.2, 0) is 0 Å². The first-order chi connectivity index (χ1) is 5.22. The fraction of sp³-hybridized carbons (Fsp3) is 0.250. The van der Waals surface area contributed by atoms with Crippen molar-refractivity contribution in [2.45, 2.75) is 18.7 Å². The molecule has 1 aromatic rings. The Morgan fingerprint density at radius 2 is 1.45 bits per heavy atom. The lowest BCUT2D eigenvalue weighted by atomic mass is 10.2. The zero-order valence-electron chi connectivity index (χ0n) is 6.57. The normalized spacial score (nSPS) is 8.09. The minimum absolute atomic E-state index is 1.11. The number of nitrogens with zero attached hydrogens (tertiary/aromatic N) is 2. The van der Waals surface area contributed by atoms with Crippen molar-refractivity contribution in [3.63, 3.8) is 0 Å². The molecule has 11 heavy (non-hydrogen) atoms. The fourth-order valence-corrected chi connectivity index (χ4v) is 0.955. The minimum atomic E-state index is 1.11. The van der Waals surface area contributed by atoms with E-state index in [2.05, 4.69) is 38.6 Å². The number of hydrogen-bond acceptors (Lipinski definition) is 3. The van der Waals surface area contributed by atoms with Gasteiger partial charge in [-0.05, 0) is 25.0 Å². The van der Waals surface area contributed by atoms with Crippen LogP contribution in [0.5, 0.6) is 0 Å². The molecule has 0 unspecified atom stereocenters. The maximum atomic E-state index is 6.00. The first-order valence-corrected chi connectivity index (χ1v) is 3.61. The second-order valence-electron chi connectivity index (χ2n) is 2.24. The fourth-order valence-electron chi connectivity index (χ4n) is 0.806. The van der Waals surface area contributed by atoms with Gasteiger partial charge in [-0.2, -0.15) is 0 Å². The summed E-state index contributed by atoms with van der Waals surface area (Å²) in [4.78, 5) is 1.11. The summed E-state index contributed by atoms with van der Waals surface area (Å²) in [5, 5.41) is 12.0. The largest absolute Gasteiger partial charge is 0.143 e. The summed E-state index contributed by atoms with van der Waals surface area (Å²) in [6.07, 6.45) is 0. The van der Waals surface area contributed by atoms with Crippen molar-refractivity contribution in [1.29, 1.82) is 10.8 Å². The monoisotopic (exact) mass is 166 g/mol. The lowest BCUT2D eigenvalue weighted by Gasteiger charge is -1.99. The highest BCUT2D eigenvalue weighted by atomic mass is 32.1. The number of rotatable bonds is 0. The van der Waals surface area contributed by atoms with Crippen LogP contribution in [0.3, 0.4) is 0 Å². The van der Waals surface area contributed by atoms with Gasteiger partial charge in [0.2, 0.25) is 0 Å². The molecule has 0 radical (unpaired) electrons. The van der Waals surface area contributed by atoms with Gasteiger partial charge < -0.3 is 0 Å². The van der Waals surface area contributed by atoms with Crippen LogP contribution in [0.15, 0.2) is 23.1 Å².